The summed E-state index contributed by atoms with van der Waals surface area (Å²) in [5.74, 6) is -8.34. The Balaban J connectivity index is 1.63. The molecule has 0 aliphatic carbocycles. The molecule has 2 aromatic rings. The normalized spacial score (nSPS) is 31.4. The predicted octanol–water partition coefficient (Wildman–Crippen LogP) is 3.67. The number of anilines is 1. The van der Waals surface area contributed by atoms with Crippen molar-refractivity contribution >= 4 is 34.1 Å². The molecule has 6 rings (SSSR count). The molecule has 0 aromatic heterocycles. The molecule has 15 heteroatoms. The number of likely N-dealkylation sites (tertiary alicyclic amines) is 1. The highest BCUT2D eigenvalue weighted by Gasteiger charge is 2.49. The quantitative estimate of drug-likeness (QED) is 0.0968. The van der Waals surface area contributed by atoms with Crippen molar-refractivity contribution in [3.8, 4) is 23.0 Å². The second-order valence-corrected chi connectivity index (χ2v) is 16.8. The SMILES string of the molecule is CO[C@H]1/C=C/O[C@@]2(C)Oc3c(C)c([O-])c4c(O)c(c(C[NH2+]CCCN5CCCC5)c(O)c4c3C2=O)NC(=O)/C(C)=C\C=C\[C@H](C)[C@H](O)[C@@H](C)[C@@H](O)[C@@H](C)[C@H](OC(C)=O)[C@@H]1C. The maximum absolute atomic E-state index is 14.4. The second-order valence-electron chi connectivity index (χ2n) is 16.8. The lowest BCUT2D eigenvalue weighted by Crippen LogP contribution is -2.82. The van der Waals surface area contributed by atoms with Crippen LogP contribution in [0, 0.1) is 30.6 Å². The largest absolute Gasteiger partial charge is 0.872 e. The van der Waals surface area contributed by atoms with Gasteiger partial charge in [-0.05, 0) is 51.4 Å². The van der Waals surface area contributed by atoms with Crippen molar-refractivity contribution in [1.82, 2.24) is 4.90 Å². The summed E-state index contributed by atoms with van der Waals surface area (Å²) in [5.41, 5.74) is -0.0316. The van der Waals surface area contributed by atoms with Gasteiger partial charge >= 0.3 is 11.8 Å². The highest BCUT2D eigenvalue weighted by Crippen LogP contribution is 2.54. The summed E-state index contributed by atoms with van der Waals surface area (Å²) in [7, 11) is 1.44. The number of nitrogens with zero attached hydrogens (tertiary/aromatic N) is 1. The van der Waals surface area contributed by atoms with Gasteiger partial charge in [0, 0.05) is 73.9 Å². The van der Waals surface area contributed by atoms with Gasteiger partial charge < -0.3 is 60.0 Å². The van der Waals surface area contributed by atoms with Gasteiger partial charge in [0.05, 0.1) is 47.9 Å². The van der Waals surface area contributed by atoms with Gasteiger partial charge in [-0.15, -0.1) is 0 Å². The number of aliphatic hydroxyl groups excluding tert-OH is 2. The molecule has 0 saturated carbocycles. The average molecular weight is 838 g/mol. The molecule has 4 heterocycles. The molecule has 5 bridgehead atoms. The van der Waals surface area contributed by atoms with Crippen LogP contribution in [0.1, 0.15) is 89.2 Å². The monoisotopic (exact) mass is 837 g/mol. The molecule has 4 aliphatic heterocycles. The number of aliphatic hydroxyl groups is 2. The number of phenols is 2. The number of carbonyl (C=O) groups is 3. The number of fused-ring (bicyclic) bond motifs is 14. The number of nitrogens with two attached hydrogens (primary N) is 1. The van der Waals surface area contributed by atoms with E-state index in [1.807, 2.05) is 5.32 Å². The molecule has 1 fully saturated rings. The minimum absolute atomic E-state index is 0.0206. The third-order valence-electron chi connectivity index (χ3n) is 12.5. The number of ketones is 1. The summed E-state index contributed by atoms with van der Waals surface area (Å²) in [4.78, 5) is 42.9. The zero-order valence-electron chi connectivity index (χ0n) is 36.2. The third kappa shape index (κ3) is 9.45. The first kappa shape index (κ1) is 46.4. The van der Waals surface area contributed by atoms with E-state index in [2.05, 4.69) is 10.2 Å². The van der Waals surface area contributed by atoms with Crippen molar-refractivity contribution in [2.45, 2.75) is 111 Å². The molecule has 0 spiro atoms. The number of esters is 1. The van der Waals surface area contributed by atoms with Crippen molar-refractivity contribution in [1.29, 1.82) is 0 Å². The lowest BCUT2D eigenvalue weighted by molar-refractivity contribution is -0.670. The molecule has 4 aliphatic rings. The third-order valence-corrected chi connectivity index (χ3v) is 12.5. The molecule has 9 atom stereocenters. The molecule has 0 radical (unpaired) electrons. The Labute approximate surface area is 352 Å². The van der Waals surface area contributed by atoms with E-state index in [1.165, 1.54) is 59.1 Å². The van der Waals surface area contributed by atoms with E-state index in [0.29, 0.717) is 6.54 Å². The molecule has 1 amide bonds. The topological polar surface area (TPSA) is 224 Å². The number of Topliss-reactive ketones (excluding diaryl/α,β-unsaturated/α-hetero) is 1. The maximum Gasteiger partial charge on any atom is 0.312 e. The van der Waals surface area contributed by atoms with Gasteiger partial charge in [0.1, 0.15) is 29.9 Å². The van der Waals surface area contributed by atoms with Gasteiger partial charge in [-0.25, -0.2) is 0 Å². The van der Waals surface area contributed by atoms with Gasteiger partial charge in [0.2, 0.25) is 0 Å². The number of hydrogen-bond acceptors (Lipinski definition) is 13. The van der Waals surface area contributed by atoms with Crippen LogP contribution in [-0.4, -0.2) is 106 Å². The number of carbonyl (C=O) groups excluding carboxylic acids is 3. The van der Waals surface area contributed by atoms with Gasteiger partial charge in [0.25, 0.3) is 11.7 Å². The van der Waals surface area contributed by atoms with Crippen molar-refractivity contribution in [3.63, 3.8) is 0 Å². The maximum atomic E-state index is 14.4. The van der Waals surface area contributed by atoms with Crippen molar-refractivity contribution in [3.05, 3.63) is 52.8 Å². The van der Waals surface area contributed by atoms with E-state index in [4.69, 9.17) is 18.9 Å². The molecule has 15 nitrogen and oxygen atoms in total. The van der Waals surface area contributed by atoms with Crippen LogP contribution in [0.5, 0.6) is 23.0 Å². The van der Waals surface area contributed by atoms with Crippen molar-refractivity contribution < 1.29 is 64.2 Å². The number of benzene rings is 2. The number of hydrogen-bond donors (Lipinski definition) is 6. The van der Waals surface area contributed by atoms with Crippen LogP contribution in [0.4, 0.5) is 5.69 Å². The summed E-state index contributed by atoms with van der Waals surface area (Å²) in [6.07, 6.45) is 6.86. The lowest BCUT2D eigenvalue weighted by Gasteiger charge is -2.38. The number of ether oxygens (including phenoxy) is 4. The number of phenolic OH excluding ortho intramolecular Hbond substituents is 2. The summed E-state index contributed by atoms with van der Waals surface area (Å²) in [6, 6.07) is 0. The fourth-order valence-corrected chi connectivity index (χ4v) is 8.68. The number of nitrogens with one attached hydrogen (secondary N) is 1. The smallest absolute Gasteiger partial charge is 0.312 e. The lowest BCUT2D eigenvalue weighted by atomic mass is 9.78. The minimum atomic E-state index is -2.03. The van der Waals surface area contributed by atoms with Crippen LogP contribution in [0.25, 0.3) is 10.8 Å². The zero-order valence-corrected chi connectivity index (χ0v) is 36.2. The Morgan fingerprint density at radius 3 is 2.35 bits per heavy atom. The number of methoxy groups -OCH3 is 1. The van der Waals surface area contributed by atoms with E-state index in [9.17, 15) is 39.9 Å². The average Bonchev–Trinajstić information content (AvgIpc) is 3.83. The molecular formula is C45H63N3O12. The van der Waals surface area contributed by atoms with E-state index in [-0.39, 0.29) is 51.0 Å². The minimum Gasteiger partial charge on any atom is -0.872 e. The number of amides is 1. The highest BCUT2D eigenvalue weighted by molar-refractivity contribution is 6.22. The second kappa shape index (κ2) is 19.4. The fourth-order valence-electron chi connectivity index (χ4n) is 8.68. The molecule has 60 heavy (non-hydrogen) atoms. The van der Waals surface area contributed by atoms with Crippen LogP contribution in [-0.2, 0) is 30.3 Å². The van der Waals surface area contributed by atoms with Gasteiger partial charge in [-0.2, -0.15) is 0 Å². The van der Waals surface area contributed by atoms with E-state index in [1.54, 1.807) is 46.8 Å². The van der Waals surface area contributed by atoms with Gasteiger partial charge in [0.15, 0.2) is 0 Å². The Bertz CT molecular complexity index is 2020. The fraction of sp³-hybridized carbons (Fsp3) is 0.578. The molecule has 1 saturated heterocycles. The zero-order chi connectivity index (χ0) is 44.2. The summed E-state index contributed by atoms with van der Waals surface area (Å²) in [6.45, 7) is 16.3. The Hall–Kier alpha value is -4.67. The van der Waals surface area contributed by atoms with E-state index in [0.717, 1.165) is 26.1 Å². The summed E-state index contributed by atoms with van der Waals surface area (Å²) >= 11 is 0. The summed E-state index contributed by atoms with van der Waals surface area (Å²) in [5, 5.41) is 65.0. The van der Waals surface area contributed by atoms with E-state index < -0.39 is 88.8 Å². The first-order chi connectivity index (χ1) is 28.3. The number of allylic oxidation sites excluding steroid dienone is 2. The Kier molecular flexibility index (Phi) is 15.0. The molecule has 2 aromatic carbocycles. The van der Waals surface area contributed by atoms with Gasteiger partial charge in [-0.3, -0.25) is 14.4 Å². The Morgan fingerprint density at radius 2 is 1.70 bits per heavy atom. The summed E-state index contributed by atoms with van der Waals surface area (Å²) < 4.78 is 23.6. The molecule has 330 valence electrons. The van der Waals surface area contributed by atoms with Crippen LogP contribution in [0.2, 0.25) is 0 Å². The van der Waals surface area contributed by atoms with Crippen LogP contribution in [0.3, 0.4) is 0 Å². The number of rotatable bonds is 8. The first-order valence-electron chi connectivity index (χ1n) is 20.9. The molecular weight excluding hydrogens is 775 g/mol. The van der Waals surface area contributed by atoms with Crippen LogP contribution in [0.15, 0.2) is 36.1 Å². The van der Waals surface area contributed by atoms with E-state index >= 15 is 0 Å². The van der Waals surface area contributed by atoms with Crippen LogP contribution < -0.4 is 20.5 Å². The number of aromatic hydroxyl groups is 2. The molecule has 7 N–H and O–H groups in total. The Morgan fingerprint density at radius 1 is 1.02 bits per heavy atom. The van der Waals surface area contributed by atoms with Crippen molar-refractivity contribution in [2.75, 3.05) is 38.6 Å². The predicted molar refractivity (Wildman–Crippen MR) is 222 cm³/mol. The highest BCUT2D eigenvalue weighted by atomic mass is 16.7. The first-order valence-corrected chi connectivity index (χ1v) is 20.9. The molecule has 0 unspecified atom stereocenters. The van der Waals surface area contributed by atoms with Gasteiger partial charge in [-0.1, -0.05) is 51.7 Å². The van der Waals surface area contributed by atoms with Crippen molar-refractivity contribution in [2.24, 2.45) is 23.7 Å². The number of quaternary nitrogens is 1. The van der Waals surface area contributed by atoms with Crippen LogP contribution >= 0.6 is 0 Å². The standard InChI is InChI=1S/C45H63N3O12/c1-23-14-12-15-24(2)44(56)47-35-30(22-46-17-13-20-48-18-10-11-19-48)39(53)32-33(40(35)54)38(52)28(6)42-34(32)43(55)45(8,60-42)58-21-16-31(57-9)25(3)41(59-29(7)49)27(5)37(51)26(4)36(23)50/h12,14-16,21,23,25-27,31,36-37,41,46,50-54H,10-11,13,17-20,22H2,1-9H3,(H,47,56)/b14-12+,21-16+,24-15-/t23-,25+,26+,27+,31-,36-,37+,41+,45-/m0/s1.